The Morgan fingerprint density at radius 1 is 1.33 bits per heavy atom. The molecule has 0 unspecified atom stereocenters. The van der Waals surface area contributed by atoms with Crippen molar-refractivity contribution in [2.75, 3.05) is 6.26 Å². The molecular formula is C12H14ClFS. The molecule has 15 heavy (non-hydrogen) atoms. The van der Waals surface area contributed by atoms with Crippen molar-refractivity contribution in [2.45, 2.75) is 36.5 Å². The van der Waals surface area contributed by atoms with Crippen molar-refractivity contribution >= 4 is 23.4 Å². The molecule has 0 N–H and O–H groups in total. The minimum atomic E-state index is -0.0955. The van der Waals surface area contributed by atoms with Gasteiger partial charge in [0.2, 0.25) is 0 Å². The lowest BCUT2D eigenvalue weighted by Crippen LogP contribution is -1.98. The average molecular weight is 245 g/mol. The van der Waals surface area contributed by atoms with Gasteiger partial charge in [0, 0.05) is 0 Å². The number of rotatable bonds is 2. The zero-order valence-corrected chi connectivity index (χ0v) is 10.3. The van der Waals surface area contributed by atoms with Gasteiger partial charge in [-0.1, -0.05) is 30.5 Å². The summed E-state index contributed by atoms with van der Waals surface area (Å²) in [5, 5.41) is 0.529. The lowest BCUT2D eigenvalue weighted by molar-refractivity contribution is 0.559. The highest BCUT2D eigenvalue weighted by Crippen LogP contribution is 2.39. The number of thioether (sulfide) groups is 1. The van der Waals surface area contributed by atoms with Crippen LogP contribution in [-0.4, -0.2) is 6.26 Å². The Balaban J connectivity index is 2.39. The van der Waals surface area contributed by atoms with E-state index in [1.807, 2.05) is 18.4 Å². The van der Waals surface area contributed by atoms with E-state index in [4.69, 9.17) is 11.6 Å². The molecule has 0 saturated heterocycles. The summed E-state index contributed by atoms with van der Waals surface area (Å²) in [7, 11) is 0. The van der Waals surface area contributed by atoms with Crippen LogP contribution in [0, 0.1) is 5.82 Å². The smallest absolute Gasteiger partial charge is 0.141 e. The fourth-order valence-corrected chi connectivity index (χ4v) is 3.22. The minimum Gasteiger partial charge on any atom is -0.205 e. The van der Waals surface area contributed by atoms with Crippen molar-refractivity contribution in [1.82, 2.24) is 0 Å². The van der Waals surface area contributed by atoms with Crippen LogP contribution in [-0.2, 0) is 0 Å². The molecule has 0 heterocycles. The summed E-state index contributed by atoms with van der Waals surface area (Å²) >= 11 is 7.34. The van der Waals surface area contributed by atoms with Crippen molar-refractivity contribution in [1.29, 1.82) is 0 Å². The average Bonchev–Trinajstić information content (AvgIpc) is 2.71. The first-order valence-corrected chi connectivity index (χ1v) is 6.86. The maximum Gasteiger partial charge on any atom is 0.141 e. The third-order valence-electron chi connectivity index (χ3n) is 3.08. The molecule has 1 saturated carbocycles. The van der Waals surface area contributed by atoms with Crippen LogP contribution < -0.4 is 0 Å². The van der Waals surface area contributed by atoms with Crippen LogP contribution in [0.5, 0.6) is 0 Å². The van der Waals surface area contributed by atoms with E-state index < -0.39 is 0 Å². The van der Waals surface area contributed by atoms with E-state index in [0.29, 0.717) is 15.8 Å². The maximum atomic E-state index is 14.1. The van der Waals surface area contributed by atoms with Crippen LogP contribution in [0.15, 0.2) is 17.0 Å². The van der Waals surface area contributed by atoms with Gasteiger partial charge >= 0.3 is 0 Å². The second-order valence-electron chi connectivity index (χ2n) is 3.97. The lowest BCUT2D eigenvalue weighted by Gasteiger charge is -2.13. The summed E-state index contributed by atoms with van der Waals surface area (Å²) < 4.78 is 14.1. The monoisotopic (exact) mass is 244 g/mol. The molecule has 3 heteroatoms. The second kappa shape index (κ2) is 4.75. The molecule has 0 spiro atoms. The number of benzene rings is 1. The van der Waals surface area contributed by atoms with Gasteiger partial charge in [0.25, 0.3) is 0 Å². The van der Waals surface area contributed by atoms with Gasteiger partial charge in [-0.25, -0.2) is 4.39 Å². The summed E-state index contributed by atoms with van der Waals surface area (Å²) in [5.74, 6) is 0.315. The van der Waals surface area contributed by atoms with Gasteiger partial charge in [0.05, 0.1) is 9.92 Å². The Bertz CT molecular complexity index is 359. The van der Waals surface area contributed by atoms with E-state index in [9.17, 15) is 4.39 Å². The van der Waals surface area contributed by atoms with Gasteiger partial charge in [-0.05, 0) is 36.6 Å². The minimum absolute atomic E-state index is 0.0955. The van der Waals surface area contributed by atoms with E-state index >= 15 is 0 Å². The zero-order chi connectivity index (χ0) is 10.8. The molecule has 0 atom stereocenters. The topological polar surface area (TPSA) is 0 Å². The molecule has 82 valence electrons. The lowest BCUT2D eigenvalue weighted by atomic mass is 9.97. The van der Waals surface area contributed by atoms with E-state index in [1.165, 1.54) is 24.6 Å². The molecular weight excluding hydrogens is 231 g/mol. The Kier molecular flexibility index (Phi) is 3.57. The SMILES string of the molecule is CSc1c(Cl)ccc(C2CCCC2)c1F. The molecule has 1 fully saturated rings. The Hall–Kier alpha value is -0.210. The molecule has 0 aliphatic heterocycles. The van der Waals surface area contributed by atoms with Crippen LogP contribution >= 0.6 is 23.4 Å². The second-order valence-corrected chi connectivity index (χ2v) is 5.19. The first kappa shape index (κ1) is 11.3. The van der Waals surface area contributed by atoms with Crippen molar-refractivity contribution in [3.8, 4) is 0 Å². The maximum absolute atomic E-state index is 14.1. The third-order valence-corrected chi connectivity index (χ3v) is 4.31. The van der Waals surface area contributed by atoms with E-state index in [1.54, 1.807) is 0 Å². The Morgan fingerprint density at radius 3 is 2.60 bits per heavy atom. The standard InChI is InChI=1S/C12H14ClFS/c1-15-12-10(13)7-6-9(11(12)14)8-4-2-3-5-8/h6-8H,2-5H2,1H3. The van der Waals surface area contributed by atoms with Gasteiger partial charge in [0.15, 0.2) is 0 Å². The molecule has 1 aromatic rings. The summed E-state index contributed by atoms with van der Waals surface area (Å²) in [4.78, 5) is 0.598. The highest BCUT2D eigenvalue weighted by atomic mass is 35.5. The molecule has 1 aliphatic rings. The molecule has 0 nitrogen and oxygen atoms in total. The van der Waals surface area contributed by atoms with Gasteiger partial charge < -0.3 is 0 Å². The predicted molar refractivity (Wildman–Crippen MR) is 64.4 cm³/mol. The van der Waals surface area contributed by atoms with Gasteiger partial charge in [-0.2, -0.15) is 0 Å². The van der Waals surface area contributed by atoms with Crippen LogP contribution in [0.3, 0.4) is 0 Å². The van der Waals surface area contributed by atoms with Crippen molar-refractivity contribution in [2.24, 2.45) is 0 Å². The Labute approximate surface area is 99.2 Å². The van der Waals surface area contributed by atoms with E-state index in [0.717, 1.165) is 18.4 Å². The largest absolute Gasteiger partial charge is 0.205 e. The highest BCUT2D eigenvalue weighted by Gasteiger charge is 2.22. The molecule has 1 aromatic carbocycles. The molecule has 0 bridgehead atoms. The molecule has 0 radical (unpaired) electrons. The van der Waals surface area contributed by atoms with Gasteiger partial charge in [-0.3, -0.25) is 0 Å². The first-order chi connectivity index (χ1) is 7.24. The van der Waals surface area contributed by atoms with E-state index in [2.05, 4.69) is 0 Å². The van der Waals surface area contributed by atoms with Crippen LogP contribution in [0.2, 0.25) is 5.02 Å². The molecule has 2 rings (SSSR count). The summed E-state index contributed by atoms with van der Waals surface area (Å²) in [6.45, 7) is 0. The fraction of sp³-hybridized carbons (Fsp3) is 0.500. The summed E-state index contributed by atoms with van der Waals surface area (Å²) in [5.41, 5.74) is 0.862. The quantitative estimate of drug-likeness (QED) is 0.670. The van der Waals surface area contributed by atoms with Crippen molar-refractivity contribution in [3.05, 3.63) is 28.5 Å². The van der Waals surface area contributed by atoms with E-state index in [-0.39, 0.29) is 5.82 Å². The van der Waals surface area contributed by atoms with Crippen LogP contribution in [0.25, 0.3) is 0 Å². The van der Waals surface area contributed by atoms with Crippen LogP contribution in [0.1, 0.15) is 37.2 Å². The normalized spacial score (nSPS) is 17.3. The third kappa shape index (κ3) is 2.16. The first-order valence-electron chi connectivity index (χ1n) is 5.26. The fourth-order valence-electron chi connectivity index (χ4n) is 2.29. The molecule has 0 amide bonds. The van der Waals surface area contributed by atoms with Crippen molar-refractivity contribution in [3.63, 3.8) is 0 Å². The number of halogens is 2. The molecule has 1 aliphatic carbocycles. The number of hydrogen-bond acceptors (Lipinski definition) is 1. The van der Waals surface area contributed by atoms with Gasteiger partial charge in [0.1, 0.15) is 5.82 Å². The predicted octanol–water partition coefficient (Wildman–Crippen LogP) is 4.86. The zero-order valence-electron chi connectivity index (χ0n) is 8.72. The van der Waals surface area contributed by atoms with Crippen molar-refractivity contribution < 1.29 is 4.39 Å². The number of hydrogen-bond donors (Lipinski definition) is 0. The highest BCUT2D eigenvalue weighted by molar-refractivity contribution is 7.98. The van der Waals surface area contributed by atoms with Crippen LogP contribution in [0.4, 0.5) is 4.39 Å². The Morgan fingerprint density at radius 2 is 2.00 bits per heavy atom. The summed E-state index contributed by atoms with van der Waals surface area (Å²) in [6, 6.07) is 3.68. The van der Waals surface area contributed by atoms with Gasteiger partial charge in [-0.15, -0.1) is 11.8 Å². The molecule has 0 aromatic heterocycles. The summed E-state index contributed by atoms with van der Waals surface area (Å²) in [6.07, 6.45) is 6.55.